The number of hydrogen-bond acceptors (Lipinski definition) is 1. The molecular weight excluding hydrogens is 556 g/mol. The fourth-order valence-electron chi connectivity index (χ4n) is 6.96. The first-order valence-corrected chi connectivity index (χ1v) is 15.8. The first-order valence-electron chi connectivity index (χ1n) is 15.8. The molecule has 0 fully saturated rings. The quantitative estimate of drug-likeness (QED) is 0.182. The van der Waals surface area contributed by atoms with Gasteiger partial charge in [0.25, 0.3) is 0 Å². The van der Waals surface area contributed by atoms with Gasteiger partial charge in [0.05, 0.1) is 11.0 Å². The Bertz CT molecular complexity index is 2510. The maximum atomic E-state index is 2.36. The third-order valence-corrected chi connectivity index (χ3v) is 9.15. The van der Waals surface area contributed by atoms with E-state index in [1.807, 2.05) is 0 Å². The molecule has 0 bridgehead atoms. The van der Waals surface area contributed by atoms with Gasteiger partial charge in [-0.15, -0.1) is 0 Å². The summed E-state index contributed by atoms with van der Waals surface area (Å²) in [5, 5.41) is 7.59. The van der Waals surface area contributed by atoms with Crippen LogP contribution in [-0.4, -0.2) is 4.57 Å². The number of para-hydroxylation sites is 3. The molecule has 0 spiro atoms. The zero-order chi connectivity index (χ0) is 30.5. The second-order valence-electron chi connectivity index (χ2n) is 11.8. The lowest BCUT2D eigenvalue weighted by molar-refractivity contribution is 1.18. The van der Waals surface area contributed by atoms with Gasteiger partial charge < -0.3 is 9.47 Å². The smallest absolute Gasteiger partial charge is 0.0542 e. The molecule has 0 radical (unpaired) electrons. The molecule has 0 aliphatic carbocycles. The Morgan fingerprint density at radius 2 is 0.891 bits per heavy atom. The SMILES string of the molecule is c1ccc(N(c2ccc(-c3ccc4ccc5ccccc5c4c3)cc2)c2ccc3c(c2)c2ccccc2n3-c2ccccc2)cc1. The van der Waals surface area contributed by atoms with Crippen molar-refractivity contribution in [1.82, 2.24) is 4.57 Å². The number of hydrogen-bond donors (Lipinski definition) is 0. The lowest BCUT2D eigenvalue weighted by atomic mass is 9.97. The molecule has 0 atom stereocenters. The van der Waals surface area contributed by atoms with E-state index in [2.05, 4.69) is 191 Å². The van der Waals surface area contributed by atoms with Crippen molar-refractivity contribution < 1.29 is 0 Å². The van der Waals surface area contributed by atoms with Gasteiger partial charge in [0.1, 0.15) is 0 Å². The van der Waals surface area contributed by atoms with Crippen molar-refractivity contribution >= 4 is 60.4 Å². The van der Waals surface area contributed by atoms with Crippen LogP contribution in [0.5, 0.6) is 0 Å². The Morgan fingerprint density at radius 1 is 0.326 bits per heavy atom. The molecule has 0 saturated heterocycles. The van der Waals surface area contributed by atoms with E-state index in [4.69, 9.17) is 0 Å². The van der Waals surface area contributed by atoms with Crippen molar-refractivity contribution in [2.75, 3.05) is 4.90 Å². The summed E-state index contributed by atoms with van der Waals surface area (Å²) in [6.07, 6.45) is 0. The number of nitrogens with zero attached hydrogens (tertiary/aromatic N) is 2. The predicted octanol–water partition coefficient (Wildman–Crippen LogP) is 12.2. The standard InChI is InChI=1S/C44H30N2/c1-3-12-35(13-4-1)45(38-27-28-44-42(30-38)40-17-9-10-18-43(40)46(44)36-14-5-2-6-15-36)37-25-23-31(24-26-37)34-22-21-33-20-19-32-11-7-8-16-39(32)41(33)29-34/h1-30H. The van der Waals surface area contributed by atoms with E-state index in [9.17, 15) is 0 Å². The van der Waals surface area contributed by atoms with Gasteiger partial charge in [-0.2, -0.15) is 0 Å². The number of anilines is 3. The molecule has 0 amide bonds. The molecule has 0 N–H and O–H groups in total. The van der Waals surface area contributed by atoms with E-state index < -0.39 is 0 Å². The van der Waals surface area contributed by atoms with Crippen molar-refractivity contribution in [3.05, 3.63) is 182 Å². The highest BCUT2D eigenvalue weighted by Gasteiger charge is 2.17. The van der Waals surface area contributed by atoms with Gasteiger partial charge in [-0.25, -0.2) is 0 Å². The molecular formula is C44H30N2. The van der Waals surface area contributed by atoms with Crippen molar-refractivity contribution in [2.24, 2.45) is 0 Å². The van der Waals surface area contributed by atoms with Crippen LogP contribution in [0.25, 0.3) is 60.2 Å². The Balaban J connectivity index is 1.17. The molecule has 9 rings (SSSR count). The molecule has 0 saturated carbocycles. The van der Waals surface area contributed by atoms with Crippen molar-refractivity contribution in [3.8, 4) is 16.8 Å². The first kappa shape index (κ1) is 26.3. The zero-order valence-corrected chi connectivity index (χ0v) is 25.2. The molecule has 8 aromatic carbocycles. The largest absolute Gasteiger partial charge is 0.310 e. The summed E-state index contributed by atoms with van der Waals surface area (Å²) in [5.74, 6) is 0. The normalized spacial score (nSPS) is 11.5. The highest BCUT2D eigenvalue weighted by Crippen LogP contribution is 2.40. The van der Waals surface area contributed by atoms with Crippen molar-refractivity contribution in [1.29, 1.82) is 0 Å². The second kappa shape index (κ2) is 10.8. The zero-order valence-electron chi connectivity index (χ0n) is 25.2. The second-order valence-corrected chi connectivity index (χ2v) is 11.8. The van der Waals surface area contributed by atoms with Crippen LogP contribution in [0.1, 0.15) is 0 Å². The minimum Gasteiger partial charge on any atom is -0.310 e. The van der Waals surface area contributed by atoms with E-state index >= 15 is 0 Å². The Labute approximate surface area is 268 Å². The maximum absolute atomic E-state index is 2.36. The Morgan fingerprint density at radius 3 is 1.70 bits per heavy atom. The number of benzene rings is 8. The first-order chi connectivity index (χ1) is 22.8. The van der Waals surface area contributed by atoms with Crippen LogP contribution in [0.15, 0.2) is 182 Å². The van der Waals surface area contributed by atoms with Crippen LogP contribution in [-0.2, 0) is 0 Å². The molecule has 216 valence electrons. The molecule has 2 heteroatoms. The van der Waals surface area contributed by atoms with Gasteiger partial charge in [0, 0.05) is 33.5 Å². The molecule has 2 nitrogen and oxygen atoms in total. The van der Waals surface area contributed by atoms with Gasteiger partial charge in [0.2, 0.25) is 0 Å². The number of fused-ring (bicyclic) bond motifs is 6. The third-order valence-electron chi connectivity index (χ3n) is 9.15. The topological polar surface area (TPSA) is 8.17 Å². The van der Waals surface area contributed by atoms with Crippen molar-refractivity contribution in [2.45, 2.75) is 0 Å². The molecule has 0 aliphatic heterocycles. The van der Waals surface area contributed by atoms with Gasteiger partial charge >= 0.3 is 0 Å². The molecule has 1 heterocycles. The van der Waals surface area contributed by atoms with E-state index in [1.165, 1.54) is 60.2 Å². The Hall–Kier alpha value is -6.12. The molecule has 0 aliphatic rings. The van der Waals surface area contributed by atoms with Gasteiger partial charge in [-0.05, 0) is 99.4 Å². The van der Waals surface area contributed by atoms with E-state index in [-0.39, 0.29) is 0 Å². The van der Waals surface area contributed by atoms with Crippen molar-refractivity contribution in [3.63, 3.8) is 0 Å². The fourth-order valence-corrected chi connectivity index (χ4v) is 6.96. The minimum atomic E-state index is 1.12. The lowest BCUT2D eigenvalue weighted by Crippen LogP contribution is -2.09. The van der Waals surface area contributed by atoms with Crippen LogP contribution in [0.4, 0.5) is 17.1 Å². The van der Waals surface area contributed by atoms with Gasteiger partial charge in [-0.3, -0.25) is 0 Å². The minimum absolute atomic E-state index is 1.12. The summed E-state index contributed by atoms with van der Waals surface area (Å²) < 4.78 is 2.36. The van der Waals surface area contributed by atoms with E-state index in [0.717, 1.165) is 17.1 Å². The Kier molecular flexibility index (Phi) is 6.17. The summed E-state index contributed by atoms with van der Waals surface area (Å²) in [6, 6.07) is 65.7. The summed E-state index contributed by atoms with van der Waals surface area (Å²) in [4.78, 5) is 2.35. The summed E-state index contributed by atoms with van der Waals surface area (Å²) >= 11 is 0. The van der Waals surface area contributed by atoms with Crippen LogP contribution in [0.3, 0.4) is 0 Å². The average molecular weight is 587 g/mol. The lowest BCUT2D eigenvalue weighted by Gasteiger charge is -2.26. The number of aromatic nitrogens is 1. The average Bonchev–Trinajstić information content (AvgIpc) is 3.46. The molecule has 46 heavy (non-hydrogen) atoms. The van der Waals surface area contributed by atoms with Crippen LogP contribution in [0, 0.1) is 0 Å². The number of rotatable bonds is 5. The maximum Gasteiger partial charge on any atom is 0.0542 e. The highest BCUT2D eigenvalue weighted by molar-refractivity contribution is 6.11. The fraction of sp³-hybridized carbons (Fsp3) is 0. The monoisotopic (exact) mass is 586 g/mol. The van der Waals surface area contributed by atoms with E-state index in [0.29, 0.717) is 0 Å². The van der Waals surface area contributed by atoms with Crippen LogP contribution < -0.4 is 4.90 Å². The van der Waals surface area contributed by atoms with Crippen LogP contribution >= 0.6 is 0 Å². The third kappa shape index (κ3) is 4.35. The van der Waals surface area contributed by atoms with E-state index in [1.54, 1.807) is 0 Å². The molecule has 9 aromatic rings. The summed E-state index contributed by atoms with van der Waals surface area (Å²) in [6.45, 7) is 0. The van der Waals surface area contributed by atoms with Gasteiger partial charge in [0.15, 0.2) is 0 Å². The molecule has 0 unspecified atom stereocenters. The van der Waals surface area contributed by atoms with Crippen LogP contribution in [0.2, 0.25) is 0 Å². The molecule has 1 aromatic heterocycles. The summed E-state index contributed by atoms with van der Waals surface area (Å²) in [5.41, 5.74) is 9.36. The predicted molar refractivity (Wildman–Crippen MR) is 196 cm³/mol. The highest BCUT2D eigenvalue weighted by atomic mass is 15.1. The van der Waals surface area contributed by atoms with Gasteiger partial charge in [-0.1, -0.05) is 115 Å². The summed E-state index contributed by atoms with van der Waals surface area (Å²) in [7, 11) is 0.